The smallest absolute Gasteiger partial charge is 0.294 e. The zero-order valence-electron chi connectivity index (χ0n) is 23.3. The Morgan fingerprint density at radius 1 is 1.10 bits per heavy atom. The minimum Gasteiger partial charge on any atom is -0.369 e. The number of aromatic nitrogens is 1. The molecule has 3 aromatic carbocycles. The lowest BCUT2D eigenvalue weighted by atomic mass is 9.79. The lowest BCUT2D eigenvalue weighted by molar-refractivity contribution is -0.130. The summed E-state index contributed by atoms with van der Waals surface area (Å²) in [6, 6.07) is 13.4. The highest BCUT2D eigenvalue weighted by molar-refractivity contribution is 7.85. The van der Waals surface area contributed by atoms with Crippen molar-refractivity contribution in [2.45, 2.75) is 45.4 Å². The molecule has 4 aromatic rings. The van der Waals surface area contributed by atoms with Crippen LogP contribution in [0, 0.1) is 18.3 Å². The third-order valence-corrected chi connectivity index (χ3v) is 8.87. The predicted octanol–water partition coefficient (Wildman–Crippen LogP) is 6.17. The van der Waals surface area contributed by atoms with E-state index in [0.29, 0.717) is 56.8 Å². The van der Waals surface area contributed by atoms with Crippen LogP contribution in [0.1, 0.15) is 55.1 Å². The van der Waals surface area contributed by atoms with Crippen LogP contribution in [0.3, 0.4) is 0 Å². The number of hydrogen-bond acceptors (Lipinski definition) is 8. The lowest BCUT2D eigenvalue weighted by Crippen LogP contribution is -2.42. The Labute approximate surface area is 238 Å². The van der Waals surface area contributed by atoms with Gasteiger partial charge >= 0.3 is 0 Å². The van der Waals surface area contributed by atoms with Crippen molar-refractivity contribution in [3.63, 3.8) is 0 Å². The molecular formula is C31H31N3O6S. The molecule has 6 rings (SSSR count). The molecule has 0 spiro atoms. The van der Waals surface area contributed by atoms with Gasteiger partial charge in [0.2, 0.25) is 0 Å². The van der Waals surface area contributed by atoms with Gasteiger partial charge in [0.05, 0.1) is 27.2 Å². The van der Waals surface area contributed by atoms with Gasteiger partial charge in [-0.25, -0.2) is 0 Å². The average Bonchev–Trinajstić information content (AvgIpc) is 3.37. The molecule has 1 atom stereocenters. The summed E-state index contributed by atoms with van der Waals surface area (Å²) in [5.41, 5.74) is 4.10. The van der Waals surface area contributed by atoms with E-state index in [1.165, 1.54) is 12.1 Å². The van der Waals surface area contributed by atoms with Gasteiger partial charge in [0.1, 0.15) is 11.3 Å². The second kappa shape index (κ2) is 9.53. The van der Waals surface area contributed by atoms with Gasteiger partial charge in [0.25, 0.3) is 10.1 Å². The van der Waals surface area contributed by atoms with E-state index in [1.54, 1.807) is 25.1 Å². The molecule has 2 heterocycles. The number of piperidine rings is 1. The van der Waals surface area contributed by atoms with Crippen LogP contribution >= 0.6 is 0 Å². The standard InChI is InChI=1S/C31H31N3O6S/c1-17-14-19(41(37,38)39)11-12-22(17)32-23-15-24(34-13-7-8-18(16-34)30(36)31(2,3)4)27-26-25(23)28(35)20-9-5-6-10-21(20)29(26)40-33-27/h5-6,9-12,14-15,18,32H,7-8,13,16H2,1-4H3,(H,37,38,39)/t18-/m0/s1. The van der Waals surface area contributed by atoms with E-state index in [-0.39, 0.29) is 22.4 Å². The number of aryl methyl sites for hydroxylation is 1. The molecule has 41 heavy (non-hydrogen) atoms. The highest BCUT2D eigenvalue weighted by Gasteiger charge is 2.37. The molecule has 2 N–H and O–H groups in total. The normalized spacial score (nSPS) is 17.0. The number of anilines is 3. The Bertz CT molecular complexity index is 1850. The summed E-state index contributed by atoms with van der Waals surface area (Å²) >= 11 is 0. The molecule has 0 amide bonds. The van der Waals surface area contributed by atoms with Crippen LogP contribution in [0.2, 0.25) is 0 Å². The monoisotopic (exact) mass is 573 g/mol. The van der Waals surface area contributed by atoms with E-state index in [9.17, 15) is 22.6 Å². The van der Waals surface area contributed by atoms with Gasteiger partial charge in [-0.15, -0.1) is 0 Å². The molecule has 9 nitrogen and oxygen atoms in total. The maximum Gasteiger partial charge on any atom is 0.294 e. The van der Waals surface area contributed by atoms with E-state index in [0.717, 1.165) is 25.1 Å². The number of benzene rings is 3. The van der Waals surface area contributed by atoms with E-state index in [2.05, 4.69) is 15.4 Å². The van der Waals surface area contributed by atoms with Crippen molar-refractivity contribution < 1.29 is 27.1 Å². The molecule has 1 saturated heterocycles. The molecule has 0 radical (unpaired) electrons. The zero-order chi connectivity index (χ0) is 29.3. The van der Waals surface area contributed by atoms with Gasteiger partial charge in [-0.1, -0.05) is 50.2 Å². The first-order valence-electron chi connectivity index (χ1n) is 13.6. The maximum atomic E-state index is 13.9. The molecule has 2 aliphatic rings. The molecule has 1 aliphatic carbocycles. The number of hydrogen-bond donors (Lipinski definition) is 2. The van der Waals surface area contributed by atoms with Gasteiger partial charge in [-0.05, 0) is 49.6 Å². The van der Waals surface area contributed by atoms with Gasteiger partial charge in [-0.2, -0.15) is 8.42 Å². The Kier molecular flexibility index (Phi) is 6.31. The highest BCUT2D eigenvalue weighted by atomic mass is 32.2. The molecule has 0 saturated carbocycles. The minimum atomic E-state index is -4.37. The second-order valence-corrected chi connectivity index (χ2v) is 13.3. The van der Waals surface area contributed by atoms with Gasteiger partial charge in [0.15, 0.2) is 11.5 Å². The summed E-state index contributed by atoms with van der Waals surface area (Å²) in [5, 5.41) is 8.40. The molecule has 0 bridgehead atoms. The number of rotatable bonds is 5. The van der Waals surface area contributed by atoms with Crippen molar-refractivity contribution in [2.24, 2.45) is 11.3 Å². The Morgan fingerprint density at radius 3 is 2.51 bits per heavy atom. The van der Waals surface area contributed by atoms with Gasteiger partial charge in [0, 0.05) is 41.2 Å². The van der Waals surface area contributed by atoms with E-state index < -0.39 is 15.5 Å². The fourth-order valence-electron chi connectivity index (χ4n) is 5.99. The third kappa shape index (κ3) is 4.61. The maximum absolute atomic E-state index is 13.9. The summed E-state index contributed by atoms with van der Waals surface area (Å²) < 4.78 is 38.7. The second-order valence-electron chi connectivity index (χ2n) is 11.9. The molecule has 1 fully saturated rings. The molecule has 1 aliphatic heterocycles. The summed E-state index contributed by atoms with van der Waals surface area (Å²) in [5.74, 6) is 0.413. The van der Waals surface area contributed by atoms with E-state index >= 15 is 0 Å². The average molecular weight is 574 g/mol. The van der Waals surface area contributed by atoms with Crippen LogP contribution in [-0.2, 0) is 14.9 Å². The number of ketones is 2. The fraction of sp³-hybridized carbons (Fsp3) is 0.323. The zero-order valence-corrected chi connectivity index (χ0v) is 24.1. The van der Waals surface area contributed by atoms with Crippen LogP contribution in [0.5, 0.6) is 0 Å². The van der Waals surface area contributed by atoms with E-state index in [4.69, 9.17) is 4.52 Å². The summed E-state index contributed by atoms with van der Waals surface area (Å²) in [4.78, 5) is 29.1. The molecule has 1 aromatic heterocycles. The van der Waals surface area contributed by atoms with Crippen molar-refractivity contribution in [1.82, 2.24) is 5.16 Å². The lowest BCUT2D eigenvalue weighted by Gasteiger charge is -2.36. The number of fused-ring (bicyclic) bond motifs is 2. The third-order valence-electron chi connectivity index (χ3n) is 8.02. The summed E-state index contributed by atoms with van der Waals surface area (Å²) in [7, 11) is -4.37. The van der Waals surface area contributed by atoms with Gasteiger partial charge in [-0.3, -0.25) is 14.1 Å². The number of Topliss-reactive ketones (excluding diaryl/α,β-unsaturated/α-hetero) is 1. The Hall–Kier alpha value is -4.02. The predicted molar refractivity (Wildman–Crippen MR) is 157 cm³/mol. The van der Waals surface area contributed by atoms with Crippen molar-refractivity contribution in [2.75, 3.05) is 23.3 Å². The van der Waals surface area contributed by atoms with Crippen LogP contribution in [0.4, 0.5) is 17.1 Å². The van der Waals surface area contributed by atoms with Crippen LogP contribution < -0.4 is 10.2 Å². The summed E-state index contributed by atoms with van der Waals surface area (Å²) in [6.45, 7) is 8.79. The molecule has 212 valence electrons. The first-order chi connectivity index (χ1) is 19.3. The number of carbonyl (C=O) groups is 2. The fourth-order valence-corrected chi connectivity index (χ4v) is 6.55. The Morgan fingerprint density at radius 2 is 1.83 bits per heavy atom. The molecular weight excluding hydrogens is 542 g/mol. The van der Waals surface area contributed by atoms with Crippen LogP contribution in [0.25, 0.3) is 22.2 Å². The minimum absolute atomic E-state index is 0.133. The van der Waals surface area contributed by atoms with Crippen molar-refractivity contribution >= 4 is 49.6 Å². The van der Waals surface area contributed by atoms with Crippen molar-refractivity contribution in [3.05, 3.63) is 65.2 Å². The van der Waals surface area contributed by atoms with E-state index in [1.807, 2.05) is 39.0 Å². The number of nitrogens with one attached hydrogen (secondary N) is 1. The largest absolute Gasteiger partial charge is 0.369 e. The van der Waals surface area contributed by atoms with Gasteiger partial charge < -0.3 is 14.7 Å². The summed E-state index contributed by atoms with van der Waals surface area (Å²) in [6.07, 6.45) is 1.65. The van der Waals surface area contributed by atoms with Crippen molar-refractivity contribution in [3.8, 4) is 11.3 Å². The van der Waals surface area contributed by atoms with Crippen molar-refractivity contribution in [1.29, 1.82) is 0 Å². The molecule has 0 unspecified atom stereocenters. The first-order valence-corrected chi connectivity index (χ1v) is 15.0. The molecule has 10 heteroatoms. The number of carbonyl (C=O) groups excluding carboxylic acids is 2. The Balaban J connectivity index is 1.52. The SMILES string of the molecule is Cc1cc(S(=O)(=O)O)ccc1Nc1cc(N2CCC[C@H](C(=O)C(C)(C)C)C2)c2noc3c2c1C(=O)c1ccccc1-3. The van der Waals surface area contributed by atoms with Crippen LogP contribution in [-0.4, -0.2) is 42.8 Å². The highest BCUT2D eigenvalue weighted by Crippen LogP contribution is 2.47. The van der Waals surface area contributed by atoms with Crippen LogP contribution in [0.15, 0.2) is 57.9 Å². The first kappa shape index (κ1) is 27.2. The number of nitrogens with zero attached hydrogens (tertiary/aromatic N) is 2. The topological polar surface area (TPSA) is 130 Å². The quantitative estimate of drug-likeness (QED) is 0.237.